The van der Waals surface area contributed by atoms with Gasteiger partial charge < -0.3 is 25.0 Å². The second-order valence-corrected chi connectivity index (χ2v) is 15.5. The Balaban J connectivity index is 1.35. The fraction of sp³-hybridized carbons (Fsp3) is 0.568. The summed E-state index contributed by atoms with van der Waals surface area (Å²) in [5.74, 6) is -1.50. The molecule has 3 aliphatic rings. The molecule has 3 amide bonds. The first-order valence-corrected chi connectivity index (χ1v) is 18.6. The van der Waals surface area contributed by atoms with E-state index in [1.54, 1.807) is 43.8 Å². The first kappa shape index (κ1) is 35.6. The van der Waals surface area contributed by atoms with E-state index in [-0.39, 0.29) is 31.4 Å². The summed E-state index contributed by atoms with van der Waals surface area (Å²) in [5, 5.41) is 19.8. The van der Waals surface area contributed by atoms with Crippen LogP contribution in [0.4, 0.5) is 4.79 Å². The molecule has 4 heterocycles. The number of nitrogens with one attached hydrogen (secondary N) is 2. The summed E-state index contributed by atoms with van der Waals surface area (Å²) in [4.78, 5) is 58.1. The first-order chi connectivity index (χ1) is 23.8. The predicted octanol–water partition coefficient (Wildman–Crippen LogP) is 5.77. The number of hydrogen-bond acceptors (Lipinski definition) is 9. The van der Waals surface area contributed by atoms with Crippen LogP contribution in [0.2, 0.25) is 0 Å². The quantitative estimate of drug-likeness (QED) is 0.252. The summed E-state index contributed by atoms with van der Waals surface area (Å²) in [6.07, 6.45) is 7.63. The van der Waals surface area contributed by atoms with E-state index < -0.39 is 47.2 Å². The fourth-order valence-corrected chi connectivity index (χ4v) is 7.80. The molecule has 5 atom stereocenters. The summed E-state index contributed by atoms with van der Waals surface area (Å²) in [7, 11) is 0. The van der Waals surface area contributed by atoms with Crippen molar-refractivity contribution in [1.29, 1.82) is 0 Å². The molecule has 2 N–H and O–H groups in total. The highest BCUT2D eigenvalue weighted by Crippen LogP contribution is 2.46. The minimum atomic E-state index is -1.18. The molecular weight excluding hydrogens is 657 g/mol. The number of carbonyl (C=O) groups excluding carboxylic acids is 4. The smallest absolute Gasteiger partial charge is 0.408 e. The van der Waals surface area contributed by atoms with Crippen molar-refractivity contribution in [2.24, 2.45) is 5.92 Å². The van der Waals surface area contributed by atoms with Crippen LogP contribution in [0.15, 0.2) is 35.0 Å². The van der Waals surface area contributed by atoms with E-state index in [2.05, 4.69) is 35.1 Å². The molecule has 0 radical (unpaired) electrons. The van der Waals surface area contributed by atoms with Crippen LogP contribution in [0.25, 0.3) is 22.2 Å². The van der Waals surface area contributed by atoms with E-state index in [9.17, 15) is 19.2 Å². The molecule has 50 heavy (non-hydrogen) atoms. The van der Waals surface area contributed by atoms with Gasteiger partial charge >= 0.3 is 12.1 Å². The Morgan fingerprint density at radius 2 is 1.94 bits per heavy atom. The largest absolute Gasteiger partial charge is 0.464 e. The van der Waals surface area contributed by atoms with E-state index in [1.807, 2.05) is 24.4 Å². The monoisotopic (exact) mass is 704 g/mol. The second-order valence-electron chi connectivity index (χ2n) is 14.7. The maximum absolute atomic E-state index is 14.5. The van der Waals surface area contributed by atoms with Gasteiger partial charge in [-0.05, 0) is 112 Å². The van der Waals surface area contributed by atoms with Crippen LogP contribution < -0.4 is 10.6 Å². The zero-order chi connectivity index (χ0) is 35.8. The Morgan fingerprint density at radius 1 is 1.14 bits per heavy atom. The number of aromatic nitrogens is 3. The Morgan fingerprint density at radius 3 is 2.66 bits per heavy atom. The van der Waals surface area contributed by atoms with Gasteiger partial charge in [-0.15, -0.1) is 0 Å². The van der Waals surface area contributed by atoms with Gasteiger partial charge in [0.2, 0.25) is 11.8 Å². The number of thiophene rings is 1. The number of benzene rings is 1. The molecule has 1 aliphatic carbocycles. The molecule has 12 nitrogen and oxygen atoms in total. The third-order valence-corrected chi connectivity index (χ3v) is 10.7. The summed E-state index contributed by atoms with van der Waals surface area (Å²) < 4.78 is 11.0. The highest BCUT2D eigenvalue weighted by atomic mass is 32.1. The number of allylic oxidation sites excluding steroid dienone is 1. The van der Waals surface area contributed by atoms with Crippen LogP contribution in [0.1, 0.15) is 89.8 Å². The number of carbonyl (C=O) groups is 4. The molecule has 0 bridgehead atoms. The summed E-state index contributed by atoms with van der Waals surface area (Å²) in [5.41, 5.74) is 3.89. The Kier molecular flexibility index (Phi) is 10.1. The minimum Gasteiger partial charge on any atom is -0.464 e. The van der Waals surface area contributed by atoms with E-state index in [0.717, 1.165) is 52.5 Å². The standard InChI is InChI=1S/C37H48N6O6S/c1-7-48-34(46)37-19-25(37)13-11-9-8-10-12-14-28(38-35(47)49-36(4,5)6)33(45)42-20-26(17-30(42)32(44)39-37)43-40-29-18-27(24-15-16-50-21-24)22(2)23(3)31(29)41-43/h11,13,15-16,18,21,25-26,28,30H,7-10,12,14,17,19-20H2,1-6H3,(H,38,47)(H,39,44)/b13-11-/t25?,26?,28-,30-,37+/m0/s1. The molecule has 1 saturated heterocycles. The number of aryl methyl sites for hydroxylation is 1. The summed E-state index contributed by atoms with van der Waals surface area (Å²) in [6.45, 7) is 11.5. The van der Waals surface area contributed by atoms with Crippen LogP contribution in [0, 0.1) is 19.8 Å². The molecule has 2 aliphatic heterocycles. The molecular formula is C37H48N6O6S. The lowest BCUT2D eigenvalue weighted by Gasteiger charge is -2.30. The lowest BCUT2D eigenvalue weighted by atomic mass is 9.98. The van der Waals surface area contributed by atoms with Gasteiger partial charge in [0, 0.05) is 18.9 Å². The normalized spacial score (nSPS) is 26.6. The zero-order valence-electron chi connectivity index (χ0n) is 29.8. The molecule has 1 saturated carbocycles. The predicted molar refractivity (Wildman–Crippen MR) is 190 cm³/mol. The molecule has 2 aromatic heterocycles. The van der Waals surface area contributed by atoms with Gasteiger partial charge in [-0.2, -0.15) is 26.3 Å². The zero-order valence-corrected chi connectivity index (χ0v) is 30.6. The molecule has 1 aromatic carbocycles. The van der Waals surface area contributed by atoms with Gasteiger partial charge in [-0.1, -0.05) is 25.0 Å². The third kappa shape index (κ3) is 7.28. The molecule has 2 fully saturated rings. The van der Waals surface area contributed by atoms with Crippen molar-refractivity contribution >= 4 is 46.2 Å². The highest BCUT2D eigenvalue weighted by Gasteiger charge is 2.62. The van der Waals surface area contributed by atoms with Crippen molar-refractivity contribution in [3.8, 4) is 11.1 Å². The van der Waals surface area contributed by atoms with Crippen molar-refractivity contribution in [2.75, 3.05) is 13.2 Å². The number of hydrogen-bond donors (Lipinski definition) is 2. The van der Waals surface area contributed by atoms with E-state index >= 15 is 0 Å². The summed E-state index contributed by atoms with van der Waals surface area (Å²) in [6, 6.07) is 1.85. The van der Waals surface area contributed by atoms with E-state index in [4.69, 9.17) is 19.7 Å². The lowest BCUT2D eigenvalue weighted by molar-refractivity contribution is -0.150. The first-order valence-electron chi connectivity index (χ1n) is 17.7. The molecule has 13 heteroatoms. The Hall–Kier alpha value is -4.26. The number of ether oxygens (including phenoxy) is 2. The van der Waals surface area contributed by atoms with Crippen molar-refractivity contribution < 1.29 is 28.7 Å². The van der Waals surface area contributed by atoms with Crippen LogP contribution in [-0.4, -0.2) is 80.1 Å². The van der Waals surface area contributed by atoms with Gasteiger partial charge in [0.1, 0.15) is 34.3 Å². The SMILES string of the molecule is CCOC(=O)[C@@]12CC1/C=C\CCCCC[C@H](NC(=O)OC(C)(C)C)C(=O)N1CC(n3nc4cc(-c5ccsc5)c(C)c(C)c4n3)C[C@H]1C(=O)N2. The fourth-order valence-electron chi connectivity index (χ4n) is 7.14. The number of amides is 3. The minimum absolute atomic E-state index is 0.148. The van der Waals surface area contributed by atoms with Gasteiger partial charge in [-0.3, -0.25) is 9.59 Å². The average molecular weight is 705 g/mol. The Labute approximate surface area is 296 Å². The molecule has 6 rings (SSSR count). The van der Waals surface area contributed by atoms with Crippen molar-refractivity contribution in [1.82, 2.24) is 30.5 Å². The third-order valence-electron chi connectivity index (χ3n) is 10.0. The molecule has 268 valence electrons. The van der Waals surface area contributed by atoms with Gasteiger partial charge in [0.15, 0.2) is 0 Å². The highest BCUT2D eigenvalue weighted by molar-refractivity contribution is 7.08. The van der Waals surface area contributed by atoms with Gasteiger partial charge in [0.05, 0.1) is 12.6 Å². The number of nitrogens with zero attached hydrogens (tertiary/aromatic N) is 4. The second kappa shape index (κ2) is 14.2. The van der Waals surface area contributed by atoms with E-state index in [1.165, 1.54) is 4.90 Å². The maximum Gasteiger partial charge on any atom is 0.408 e. The van der Waals surface area contributed by atoms with Crippen molar-refractivity contribution in [3.05, 3.63) is 46.2 Å². The number of rotatable bonds is 5. The van der Waals surface area contributed by atoms with Crippen LogP contribution in [0.3, 0.4) is 0 Å². The van der Waals surface area contributed by atoms with Crippen LogP contribution in [0.5, 0.6) is 0 Å². The topological polar surface area (TPSA) is 145 Å². The van der Waals surface area contributed by atoms with Crippen LogP contribution in [-0.2, 0) is 23.9 Å². The molecule has 3 aromatic rings. The summed E-state index contributed by atoms with van der Waals surface area (Å²) >= 11 is 1.63. The maximum atomic E-state index is 14.5. The van der Waals surface area contributed by atoms with Gasteiger partial charge in [-0.25, -0.2) is 9.59 Å². The molecule has 0 spiro atoms. The molecule has 2 unspecified atom stereocenters. The number of fused-ring (bicyclic) bond motifs is 3. The van der Waals surface area contributed by atoms with Crippen molar-refractivity contribution in [3.63, 3.8) is 0 Å². The number of esters is 1. The van der Waals surface area contributed by atoms with Crippen LogP contribution >= 0.6 is 11.3 Å². The Bertz CT molecular complexity index is 1800. The lowest BCUT2D eigenvalue weighted by Crippen LogP contribution is -2.56. The van der Waals surface area contributed by atoms with E-state index in [0.29, 0.717) is 19.3 Å². The average Bonchev–Trinajstić information content (AvgIpc) is 3.51. The van der Waals surface area contributed by atoms with Gasteiger partial charge in [0.25, 0.3) is 0 Å². The number of alkyl carbamates (subject to hydrolysis) is 1. The van der Waals surface area contributed by atoms with Crippen molar-refractivity contribution in [2.45, 2.75) is 116 Å².